The Kier molecular flexibility index (Phi) is 3.42. The van der Waals surface area contributed by atoms with Crippen molar-refractivity contribution in [3.63, 3.8) is 0 Å². The second-order valence-electron chi connectivity index (χ2n) is 4.09. The van der Waals surface area contributed by atoms with E-state index in [0.29, 0.717) is 21.7 Å². The summed E-state index contributed by atoms with van der Waals surface area (Å²) in [6.07, 6.45) is 2.58. The molecule has 0 spiro atoms. The number of hydrogen-bond acceptors (Lipinski definition) is 4. The number of nitrogen functional groups attached to an aromatic ring is 1. The van der Waals surface area contributed by atoms with Crippen molar-refractivity contribution in [2.24, 2.45) is 11.8 Å². The van der Waals surface area contributed by atoms with Crippen LogP contribution in [0.25, 0.3) is 0 Å². The van der Waals surface area contributed by atoms with Gasteiger partial charge >= 0.3 is 0 Å². The van der Waals surface area contributed by atoms with Gasteiger partial charge in [-0.15, -0.1) is 0 Å². The first-order valence-corrected chi connectivity index (χ1v) is 5.91. The number of nitrogens with one attached hydrogen (secondary N) is 1. The average Bonchev–Trinajstić information content (AvgIpc) is 3.01. The van der Waals surface area contributed by atoms with Gasteiger partial charge in [0.25, 0.3) is 0 Å². The summed E-state index contributed by atoms with van der Waals surface area (Å²) in [7, 11) is 1.97. The number of hydrogen-bond donors (Lipinski definition) is 2. The monoisotopic (exact) mass is 260 g/mol. The normalized spacial score (nSPS) is 15.0. The number of nitrogens with zero attached hydrogens (tertiary/aromatic N) is 2. The maximum atomic E-state index is 6.10. The van der Waals surface area contributed by atoms with E-state index in [0.717, 1.165) is 12.5 Å². The molecule has 1 heterocycles. The Morgan fingerprint density at radius 1 is 1.50 bits per heavy atom. The summed E-state index contributed by atoms with van der Waals surface area (Å²) in [5, 5.41) is 0.975. The third-order valence-corrected chi connectivity index (χ3v) is 3.20. The maximum Gasteiger partial charge on any atom is 0.161 e. The van der Waals surface area contributed by atoms with Crippen LogP contribution >= 0.6 is 23.2 Å². The van der Waals surface area contributed by atoms with Crippen LogP contribution in [-0.4, -0.2) is 18.6 Å². The molecule has 0 amide bonds. The molecule has 1 saturated carbocycles. The second-order valence-corrected chi connectivity index (χ2v) is 4.91. The van der Waals surface area contributed by atoms with Gasteiger partial charge in [-0.1, -0.05) is 23.2 Å². The fraction of sp³-hybridized carbons (Fsp3) is 0.500. The van der Waals surface area contributed by atoms with Crippen LogP contribution in [0.1, 0.15) is 12.8 Å². The summed E-state index contributed by atoms with van der Waals surface area (Å²) in [4.78, 5) is 6.34. The van der Waals surface area contributed by atoms with Crippen LogP contribution in [0, 0.1) is 5.92 Å². The lowest BCUT2D eigenvalue weighted by atomic mass is 10.3. The fourth-order valence-corrected chi connectivity index (χ4v) is 2.16. The lowest BCUT2D eigenvalue weighted by Crippen LogP contribution is -2.22. The molecule has 1 aliphatic carbocycles. The Morgan fingerprint density at radius 2 is 2.19 bits per heavy atom. The molecule has 88 valence electrons. The number of aromatic nitrogens is 1. The molecular weight excluding hydrogens is 247 g/mol. The number of rotatable bonds is 4. The lowest BCUT2D eigenvalue weighted by molar-refractivity contribution is 0.778. The van der Waals surface area contributed by atoms with Gasteiger partial charge in [0.15, 0.2) is 5.82 Å². The molecule has 3 N–H and O–H groups in total. The van der Waals surface area contributed by atoms with Crippen molar-refractivity contribution in [1.82, 2.24) is 4.98 Å². The first-order chi connectivity index (χ1) is 7.61. The molecule has 1 aromatic rings. The van der Waals surface area contributed by atoms with Crippen LogP contribution in [0.3, 0.4) is 0 Å². The number of nitrogens with two attached hydrogens (primary N) is 1. The van der Waals surface area contributed by atoms with Crippen LogP contribution in [0.15, 0.2) is 6.07 Å². The summed E-state index contributed by atoms with van der Waals surface area (Å²) in [5.41, 5.74) is 2.46. The van der Waals surface area contributed by atoms with E-state index in [1.165, 1.54) is 12.8 Å². The van der Waals surface area contributed by atoms with Crippen molar-refractivity contribution in [2.75, 3.05) is 23.9 Å². The first kappa shape index (κ1) is 11.8. The molecule has 0 atom stereocenters. The summed E-state index contributed by atoms with van der Waals surface area (Å²) >= 11 is 12.0. The zero-order valence-corrected chi connectivity index (χ0v) is 10.5. The Morgan fingerprint density at radius 3 is 2.75 bits per heavy atom. The first-order valence-electron chi connectivity index (χ1n) is 5.15. The molecule has 0 unspecified atom stereocenters. The molecule has 0 saturated heterocycles. The highest BCUT2D eigenvalue weighted by Crippen LogP contribution is 2.34. The van der Waals surface area contributed by atoms with E-state index < -0.39 is 0 Å². The Balaban J connectivity index is 2.23. The third kappa shape index (κ3) is 2.51. The van der Waals surface area contributed by atoms with Gasteiger partial charge in [-0.3, -0.25) is 0 Å². The molecule has 16 heavy (non-hydrogen) atoms. The minimum Gasteiger partial charge on any atom is -0.358 e. The highest BCUT2D eigenvalue weighted by atomic mass is 35.5. The van der Waals surface area contributed by atoms with E-state index in [9.17, 15) is 0 Å². The topological polar surface area (TPSA) is 54.2 Å². The van der Waals surface area contributed by atoms with Gasteiger partial charge in [-0.05, 0) is 24.8 Å². The highest BCUT2D eigenvalue weighted by Gasteiger charge is 2.24. The van der Waals surface area contributed by atoms with Gasteiger partial charge in [0, 0.05) is 13.6 Å². The van der Waals surface area contributed by atoms with Crippen molar-refractivity contribution < 1.29 is 0 Å². The number of halogens is 2. The van der Waals surface area contributed by atoms with Gasteiger partial charge in [0.05, 0.1) is 10.0 Å². The van der Waals surface area contributed by atoms with Gasteiger partial charge in [-0.2, -0.15) is 0 Å². The molecule has 4 nitrogen and oxygen atoms in total. The van der Waals surface area contributed by atoms with E-state index in [1.54, 1.807) is 6.07 Å². The van der Waals surface area contributed by atoms with Crippen LogP contribution in [0.2, 0.25) is 10.0 Å². The summed E-state index contributed by atoms with van der Waals surface area (Å²) < 4.78 is 0. The maximum absolute atomic E-state index is 6.10. The van der Waals surface area contributed by atoms with E-state index >= 15 is 0 Å². The summed E-state index contributed by atoms with van der Waals surface area (Å²) in [6.45, 7) is 0.971. The van der Waals surface area contributed by atoms with Gasteiger partial charge < -0.3 is 10.3 Å². The smallest absolute Gasteiger partial charge is 0.161 e. The molecule has 1 fully saturated rings. The highest BCUT2D eigenvalue weighted by molar-refractivity contribution is 6.37. The minimum atomic E-state index is 0.427. The van der Waals surface area contributed by atoms with Crippen molar-refractivity contribution in [1.29, 1.82) is 0 Å². The number of hydrazine groups is 1. The molecule has 0 aliphatic heterocycles. The molecule has 0 bridgehead atoms. The number of pyridine rings is 1. The van der Waals surface area contributed by atoms with Crippen LogP contribution in [0.4, 0.5) is 11.6 Å². The van der Waals surface area contributed by atoms with Crippen molar-refractivity contribution in [3.05, 3.63) is 16.1 Å². The van der Waals surface area contributed by atoms with E-state index in [2.05, 4.69) is 10.4 Å². The predicted molar refractivity (Wildman–Crippen MR) is 68.1 cm³/mol. The predicted octanol–water partition coefficient (Wildman–Crippen LogP) is 2.52. The summed E-state index contributed by atoms with van der Waals surface area (Å²) in [6, 6.07) is 1.66. The molecule has 2 rings (SSSR count). The Labute approximate surface area is 105 Å². The molecule has 6 heteroatoms. The fourth-order valence-electron chi connectivity index (χ4n) is 1.60. The SMILES string of the molecule is CN(CC1CC1)c1nc(NN)c(Cl)cc1Cl. The second kappa shape index (κ2) is 4.65. The van der Waals surface area contributed by atoms with Crippen molar-refractivity contribution >= 4 is 34.8 Å². The quantitative estimate of drug-likeness (QED) is 0.646. The van der Waals surface area contributed by atoms with E-state index in [4.69, 9.17) is 29.0 Å². The third-order valence-electron chi connectivity index (χ3n) is 2.64. The Hall–Kier alpha value is -0.710. The minimum absolute atomic E-state index is 0.427. The van der Waals surface area contributed by atoms with E-state index in [1.807, 2.05) is 11.9 Å². The summed E-state index contributed by atoms with van der Waals surface area (Å²) in [5.74, 6) is 7.26. The zero-order chi connectivity index (χ0) is 11.7. The zero-order valence-electron chi connectivity index (χ0n) is 9.00. The average molecular weight is 261 g/mol. The largest absolute Gasteiger partial charge is 0.358 e. The molecule has 0 aromatic carbocycles. The molecular formula is C10H14Cl2N4. The van der Waals surface area contributed by atoms with Gasteiger partial charge in [-0.25, -0.2) is 10.8 Å². The standard InChI is InChI=1S/C10H14Cl2N4/c1-16(5-6-2-3-6)10-8(12)4-7(11)9(14-10)15-13/h4,6H,2-3,5,13H2,1H3,(H,14,15). The van der Waals surface area contributed by atoms with Crippen LogP contribution < -0.4 is 16.2 Å². The van der Waals surface area contributed by atoms with Crippen LogP contribution in [-0.2, 0) is 0 Å². The van der Waals surface area contributed by atoms with E-state index in [-0.39, 0.29) is 0 Å². The van der Waals surface area contributed by atoms with Gasteiger partial charge in [0.2, 0.25) is 0 Å². The molecule has 1 aromatic heterocycles. The lowest BCUT2D eigenvalue weighted by Gasteiger charge is -2.20. The van der Waals surface area contributed by atoms with Crippen LogP contribution in [0.5, 0.6) is 0 Å². The van der Waals surface area contributed by atoms with Gasteiger partial charge in [0.1, 0.15) is 5.82 Å². The van der Waals surface area contributed by atoms with Crippen molar-refractivity contribution in [3.8, 4) is 0 Å². The number of anilines is 2. The molecule has 0 radical (unpaired) electrons. The Bertz CT molecular complexity index is 393. The molecule has 1 aliphatic rings. The van der Waals surface area contributed by atoms with Crippen molar-refractivity contribution in [2.45, 2.75) is 12.8 Å².